The molecule has 0 saturated carbocycles. The average molecular weight is 447 g/mol. The maximum absolute atomic E-state index is 12.2. The molecule has 5 nitrogen and oxygen atoms in total. The third-order valence-corrected chi connectivity index (χ3v) is 5.21. The summed E-state index contributed by atoms with van der Waals surface area (Å²) in [5.41, 5.74) is 6.79. The summed E-state index contributed by atoms with van der Waals surface area (Å²) < 4.78 is 6.53. The van der Waals surface area contributed by atoms with Crippen molar-refractivity contribution in [3.8, 4) is 5.75 Å². The van der Waals surface area contributed by atoms with Gasteiger partial charge in [-0.3, -0.25) is 20.4 Å². The first-order chi connectivity index (χ1) is 13.5. The normalized spacial score (nSPS) is 10.4. The summed E-state index contributed by atoms with van der Waals surface area (Å²) in [6, 6.07) is 12.1. The number of benzene rings is 2. The summed E-state index contributed by atoms with van der Waals surface area (Å²) in [6.07, 6.45) is 5.94. The topological polar surface area (TPSA) is 67.4 Å². The molecule has 0 aliphatic rings. The number of amides is 2. The van der Waals surface area contributed by atoms with Crippen LogP contribution in [0.5, 0.6) is 5.75 Å². The Kier molecular flexibility index (Phi) is 9.01. The van der Waals surface area contributed by atoms with Gasteiger partial charge in [-0.2, -0.15) is 0 Å². The average Bonchev–Trinajstić information content (AvgIpc) is 2.71. The number of ether oxygens (including phenoxy) is 1. The second-order valence-electron chi connectivity index (χ2n) is 6.66. The lowest BCUT2D eigenvalue weighted by Gasteiger charge is -2.09. The molecular weight excluding hydrogens is 420 g/mol. The van der Waals surface area contributed by atoms with Crippen LogP contribution < -0.4 is 15.6 Å². The van der Waals surface area contributed by atoms with E-state index < -0.39 is 0 Å². The van der Waals surface area contributed by atoms with E-state index in [1.54, 1.807) is 36.4 Å². The zero-order valence-electron chi connectivity index (χ0n) is 16.4. The number of aryl methyl sites for hydroxylation is 1. The summed E-state index contributed by atoms with van der Waals surface area (Å²) in [6.45, 7) is 4.81. The SMILES string of the molecule is CCCCCCCOc1ccc(C(=O)NNC(=O)c2ccc(C)c(Br)c2)cc1. The van der Waals surface area contributed by atoms with Crippen molar-refractivity contribution >= 4 is 27.7 Å². The van der Waals surface area contributed by atoms with E-state index in [9.17, 15) is 9.59 Å². The Morgan fingerprint density at radius 2 is 1.50 bits per heavy atom. The summed E-state index contributed by atoms with van der Waals surface area (Å²) >= 11 is 3.39. The van der Waals surface area contributed by atoms with Gasteiger partial charge in [-0.05, 0) is 55.3 Å². The number of halogens is 1. The van der Waals surface area contributed by atoms with E-state index in [-0.39, 0.29) is 11.8 Å². The molecular formula is C22H27BrN2O3. The monoisotopic (exact) mass is 446 g/mol. The summed E-state index contributed by atoms with van der Waals surface area (Å²) in [5, 5.41) is 0. The molecule has 0 bridgehead atoms. The van der Waals surface area contributed by atoms with Crippen molar-refractivity contribution in [3.63, 3.8) is 0 Å². The number of nitrogens with one attached hydrogen (secondary N) is 2. The van der Waals surface area contributed by atoms with Gasteiger partial charge in [-0.15, -0.1) is 0 Å². The van der Waals surface area contributed by atoms with Crippen molar-refractivity contribution < 1.29 is 14.3 Å². The van der Waals surface area contributed by atoms with Gasteiger partial charge in [0.15, 0.2) is 0 Å². The van der Waals surface area contributed by atoms with Gasteiger partial charge in [-0.25, -0.2) is 0 Å². The highest BCUT2D eigenvalue weighted by atomic mass is 79.9. The van der Waals surface area contributed by atoms with Crippen LogP contribution in [0.4, 0.5) is 0 Å². The molecule has 2 aromatic carbocycles. The Balaban J connectivity index is 1.77. The maximum Gasteiger partial charge on any atom is 0.269 e. The number of hydrogen-bond donors (Lipinski definition) is 2. The van der Waals surface area contributed by atoms with Crippen LogP contribution in [0.2, 0.25) is 0 Å². The molecule has 0 radical (unpaired) electrons. The minimum atomic E-state index is -0.384. The molecule has 0 heterocycles. The smallest absolute Gasteiger partial charge is 0.269 e. The van der Waals surface area contributed by atoms with E-state index in [0.29, 0.717) is 17.7 Å². The zero-order chi connectivity index (χ0) is 20.4. The fourth-order valence-electron chi connectivity index (χ4n) is 2.59. The number of unbranched alkanes of at least 4 members (excludes halogenated alkanes) is 4. The van der Waals surface area contributed by atoms with Gasteiger partial charge < -0.3 is 4.74 Å². The molecule has 0 saturated heterocycles. The second-order valence-corrected chi connectivity index (χ2v) is 7.51. The number of carbonyl (C=O) groups is 2. The lowest BCUT2D eigenvalue weighted by Crippen LogP contribution is -2.41. The Labute approximate surface area is 175 Å². The Morgan fingerprint density at radius 3 is 2.14 bits per heavy atom. The highest BCUT2D eigenvalue weighted by Crippen LogP contribution is 2.17. The first-order valence-corrected chi connectivity index (χ1v) is 10.4. The molecule has 0 spiro atoms. The van der Waals surface area contributed by atoms with Crippen molar-refractivity contribution in [1.82, 2.24) is 10.9 Å². The van der Waals surface area contributed by atoms with E-state index in [4.69, 9.17) is 4.74 Å². The predicted molar refractivity (Wildman–Crippen MR) is 115 cm³/mol. The van der Waals surface area contributed by atoms with E-state index in [1.807, 2.05) is 13.0 Å². The van der Waals surface area contributed by atoms with Gasteiger partial charge in [0, 0.05) is 15.6 Å². The molecule has 0 unspecified atom stereocenters. The summed E-state index contributed by atoms with van der Waals surface area (Å²) in [7, 11) is 0. The molecule has 2 rings (SSSR count). The second kappa shape index (κ2) is 11.5. The third-order valence-electron chi connectivity index (χ3n) is 4.36. The van der Waals surface area contributed by atoms with Crippen molar-refractivity contribution in [2.24, 2.45) is 0 Å². The van der Waals surface area contributed by atoms with Gasteiger partial charge >= 0.3 is 0 Å². The van der Waals surface area contributed by atoms with E-state index >= 15 is 0 Å². The van der Waals surface area contributed by atoms with Gasteiger partial charge in [0.05, 0.1) is 6.61 Å². The fraction of sp³-hybridized carbons (Fsp3) is 0.364. The Bertz CT molecular complexity index is 791. The summed E-state index contributed by atoms with van der Waals surface area (Å²) in [4.78, 5) is 24.3. The molecule has 2 amide bonds. The Hall–Kier alpha value is -2.34. The molecule has 0 fully saturated rings. The minimum Gasteiger partial charge on any atom is -0.494 e. The van der Waals surface area contributed by atoms with Gasteiger partial charge in [0.2, 0.25) is 0 Å². The third kappa shape index (κ3) is 7.00. The van der Waals surface area contributed by atoms with Crippen LogP contribution in [-0.2, 0) is 0 Å². The number of carbonyl (C=O) groups excluding carboxylic acids is 2. The number of hydrazine groups is 1. The van der Waals surface area contributed by atoms with Crippen molar-refractivity contribution in [2.75, 3.05) is 6.61 Å². The number of rotatable bonds is 9. The Morgan fingerprint density at radius 1 is 0.893 bits per heavy atom. The van der Waals surface area contributed by atoms with Gasteiger partial charge in [0.25, 0.3) is 11.8 Å². The molecule has 150 valence electrons. The summed E-state index contributed by atoms with van der Waals surface area (Å²) in [5.74, 6) is -0.0247. The first-order valence-electron chi connectivity index (χ1n) is 9.61. The highest BCUT2D eigenvalue weighted by molar-refractivity contribution is 9.10. The molecule has 2 aromatic rings. The van der Waals surface area contributed by atoms with E-state index in [0.717, 1.165) is 22.2 Å². The van der Waals surface area contributed by atoms with Gasteiger partial charge in [-0.1, -0.05) is 54.6 Å². The van der Waals surface area contributed by atoms with Crippen LogP contribution in [0.15, 0.2) is 46.9 Å². The first kappa shape index (κ1) is 22.0. The molecule has 28 heavy (non-hydrogen) atoms. The van der Waals surface area contributed by atoms with Gasteiger partial charge in [0.1, 0.15) is 5.75 Å². The minimum absolute atomic E-state index is 0.378. The molecule has 6 heteroatoms. The lowest BCUT2D eigenvalue weighted by atomic mass is 10.1. The van der Waals surface area contributed by atoms with Crippen LogP contribution >= 0.6 is 15.9 Å². The van der Waals surface area contributed by atoms with E-state index in [2.05, 4.69) is 33.7 Å². The van der Waals surface area contributed by atoms with E-state index in [1.165, 1.54) is 25.7 Å². The molecule has 0 aromatic heterocycles. The zero-order valence-corrected chi connectivity index (χ0v) is 18.0. The highest BCUT2D eigenvalue weighted by Gasteiger charge is 2.10. The van der Waals surface area contributed by atoms with Crippen LogP contribution in [0.1, 0.15) is 65.3 Å². The fourth-order valence-corrected chi connectivity index (χ4v) is 2.97. The quantitative estimate of drug-likeness (QED) is 0.411. The molecule has 0 aliphatic heterocycles. The maximum atomic E-state index is 12.2. The predicted octanol–water partition coefficient (Wildman–Crippen LogP) is 5.18. The van der Waals surface area contributed by atoms with Crippen LogP contribution in [0, 0.1) is 6.92 Å². The van der Waals surface area contributed by atoms with Crippen molar-refractivity contribution in [3.05, 3.63) is 63.6 Å². The van der Waals surface area contributed by atoms with Crippen LogP contribution in [0.25, 0.3) is 0 Å². The molecule has 0 aliphatic carbocycles. The molecule has 2 N–H and O–H groups in total. The standard InChI is InChI=1S/C22H27BrN2O3/c1-3-4-5-6-7-14-28-19-12-10-17(11-13-19)21(26)24-25-22(27)18-9-8-16(2)20(23)15-18/h8-13,15H,3-7,14H2,1-2H3,(H,24,26)(H,25,27). The van der Waals surface area contributed by atoms with Crippen molar-refractivity contribution in [2.45, 2.75) is 46.0 Å². The van der Waals surface area contributed by atoms with Crippen LogP contribution in [0.3, 0.4) is 0 Å². The molecule has 0 atom stereocenters. The van der Waals surface area contributed by atoms with Crippen molar-refractivity contribution in [1.29, 1.82) is 0 Å². The lowest BCUT2D eigenvalue weighted by molar-refractivity contribution is 0.0846. The number of hydrogen-bond acceptors (Lipinski definition) is 3. The largest absolute Gasteiger partial charge is 0.494 e. The van der Waals surface area contributed by atoms with Crippen LogP contribution in [-0.4, -0.2) is 18.4 Å².